The van der Waals surface area contributed by atoms with Gasteiger partial charge in [0.25, 0.3) is 0 Å². The Hall–Kier alpha value is -1.52. The van der Waals surface area contributed by atoms with Gasteiger partial charge in [0, 0.05) is 0 Å². The molecule has 0 aromatic carbocycles. The number of carboxylic acids is 1. The predicted molar refractivity (Wildman–Crippen MR) is 80.0 cm³/mol. The molecule has 0 aromatic rings. The predicted octanol–water partition coefficient (Wildman–Crippen LogP) is 3.71. The molecule has 5 unspecified atom stereocenters. The number of carbonyl (C=O) groups excluding carboxylic acids is 1. The lowest BCUT2D eigenvalue weighted by Crippen LogP contribution is -2.61. The molecule has 5 atom stereocenters. The van der Waals surface area contributed by atoms with Crippen molar-refractivity contribution < 1.29 is 50.5 Å². The second-order valence-corrected chi connectivity index (χ2v) is 7.87. The zero-order valence-electron chi connectivity index (χ0n) is 14.7. The van der Waals surface area contributed by atoms with E-state index in [9.17, 15) is 35.9 Å². The standard InChI is InChI=1S/C17H20F6O5/c18-16(19,20)15(6-13(24)25,17(21,22)23)28-14(26)7-27-12-5-8-4-11(12)10-3-1-2-9(8)10/h8-12H,1-7H2,(H,24,25). The Morgan fingerprint density at radius 3 is 2.11 bits per heavy atom. The summed E-state index contributed by atoms with van der Waals surface area (Å²) in [7, 11) is 0. The van der Waals surface area contributed by atoms with Crippen LogP contribution in [0.3, 0.4) is 0 Å². The first-order valence-electron chi connectivity index (χ1n) is 9.04. The second-order valence-electron chi connectivity index (χ2n) is 7.87. The maximum atomic E-state index is 13.1. The van der Waals surface area contributed by atoms with Crippen molar-refractivity contribution in [1.82, 2.24) is 0 Å². The highest BCUT2D eigenvalue weighted by molar-refractivity contribution is 5.74. The van der Waals surface area contributed by atoms with E-state index in [2.05, 4.69) is 4.74 Å². The normalized spacial score (nSPS) is 32.4. The van der Waals surface area contributed by atoms with Crippen molar-refractivity contribution in [3.05, 3.63) is 0 Å². The molecule has 3 aliphatic rings. The van der Waals surface area contributed by atoms with Gasteiger partial charge in [-0.15, -0.1) is 0 Å². The van der Waals surface area contributed by atoms with Crippen LogP contribution in [0.15, 0.2) is 0 Å². The molecule has 11 heteroatoms. The SMILES string of the molecule is O=C(O)CC(OC(=O)COC1CC2CC1C1CCCC21)(C(F)(F)F)C(F)(F)F. The van der Waals surface area contributed by atoms with E-state index in [1.807, 2.05) is 0 Å². The summed E-state index contributed by atoms with van der Waals surface area (Å²) in [5.74, 6) is -2.70. The van der Waals surface area contributed by atoms with Gasteiger partial charge in [-0.1, -0.05) is 6.42 Å². The van der Waals surface area contributed by atoms with Crippen molar-refractivity contribution >= 4 is 11.9 Å². The van der Waals surface area contributed by atoms with Gasteiger partial charge in [-0.25, -0.2) is 4.79 Å². The number of carbonyl (C=O) groups is 2. The minimum Gasteiger partial charge on any atom is -0.481 e. The molecule has 3 saturated carbocycles. The molecule has 0 heterocycles. The van der Waals surface area contributed by atoms with E-state index < -0.39 is 49.0 Å². The molecule has 5 nitrogen and oxygen atoms in total. The molecule has 0 saturated heterocycles. The minimum atomic E-state index is -6.15. The smallest absolute Gasteiger partial charge is 0.438 e. The van der Waals surface area contributed by atoms with Gasteiger partial charge >= 0.3 is 29.9 Å². The van der Waals surface area contributed by atoms with Crippen molar-refractivity contribution in [3.63, 3.8) is 0 Å². The third-order valence-electron chi connectivity index (χ3n) is 6.39. The van der Waals surface area contributed by atoms with E-state index in [1.165, 1.54) is 0 Å². The van der Waals surface area contributed by atoms with Gasteiger partial charge in [-0.2, -0.15) is 26.3 Å². The van der Waals surface area contributed by atoms with Crippen LogP contribution < -0.4 is 0 Å². The molecule has 0 radical (unpaired) electrons. The number of ether oxygens (including phenoxy) is 2. The van der Waals surface area contributed by atoms with Crippen LogP contribution in [0.25, 0.3) is 0 Å². The molecule has 3 rings (SSSR count). The molecule has 0 spiro atoms. The number of hydrogen-bond donors (Lipinski definition) is 1. The summed E-state index contributed by atoms with van der Waals surface area (Å²) in [5.41, 5.74) is -5.11. The molecule has 3 fully saturated rings. The summed E-state index contributed by atoms with van der Waals surface area (Å²) in [6.07, 6.45) is -10.4. The summed E-state index contributed by atoms with van der Waals surface area (Å²) in [5, 5.41) is 8.53. The average molecular weight is 418 g/mol. The molecule has 1 N–H and O–H groups in total. The van der Waals surface area contributed by atoms with Crippen LogP contribution in [0.4, 0.5) is 26.3 Å². The Bertz CT molecular complexity index is 617. The van der Waals surface area contributed by atoms with E-state index in [4.69, 9.17) is 9.84 Å². The number of fused-ring (bicyclic) bond motifs is 5. The highest BCUT2D eigenvalue weighted by Gasteiger charge is 2.75. The molecule has 0 aliphatic heterocycles. The van der Waals surface area contributed by atoms with Gasteiger partial charge in [0.2, 0.25) is 0 Å². The van der Waals surface area contributed by atoms with Gasteiger partial charge < -0.3 is 14.6 Å². The van der Waals surface area contributed by atoms with Crippen LogP contribution >= 0.6 is 0 Å². The van der Waals surface area contributed by atoms with Crippen LogP contribution in [0.2, 0.25) is 0 Å². The Morgan fingerprint density at radius 1 is 0.929 bits per heavy atom. The number of halogens is 6. The zero-order valence-corrected chi connectivity index (χ0v) is 14.7. The van der Waals surface area contributed by atoms with Crippen molar-refractivity contribution in [2.45, 2.75) is 62.6 Å². The number of alkyl halides is 6. The van der Waals surface area contributed by atoms with Gasteiger partial charge in [0.1, 0.15) is 13.0 Å². The summed E-state index contributed by atoms with van der Waals surface area (Å²) >= 11 is 0. The number of esters is 1. The lowest BCUT2D eigenvalue weighted by molar-refractivity contribution is -0.370. The minimum absolute atomic E-state index is 0.152. The molecule has 160 valence electrons. The van der Waals surface area contributed by atoms with Crippen molar-refractivity contribution in [1.29, 1.82) is 0 Å². The Balaban J connectivity index is 1.65. The van der Waals surface area contributed by atoms with Gasteiger partial charge in [0.15, 0.2) is 0 Å². The fraction of sp³-hybridized carbons (Fsp3) is 0.882. The number of carboxylic acid groups (broad SMARTS) is 1. The van der Waals surface area contributed by atoms with Gasteiger partial charge in [-0.05, 0) is 49.4 Å². The molecule has 0 aromatic heterocycles. The molecule has 0 amide bonds. The van der Waals surface area contributed by atoms with Crippen molar-refractivity contribution in [3.8, 4) is 0 Å². The fourth-order valence-electron chi connectivity index (χ4n) is 5.32. The maximum Gasteiger partial charge on any atom is 0.438 e. The third-order valence-corrected chi connectivity index (χ3v) is 6.39. The molecule has 28 heavy (non-hydrogen) atoms. The lowest BCUT2D eigenvalue weighted by Gasteiger charge is -2.35. The first-order valence-corrected chi connectivity index (χ1v) is 9.04. The quantitative estimate of drug-likeness (QED) is 0.526. The van der Waals surface area contributed by atoms with Crippen molar-refractivity contribution in [2.24, 2.45) is 23.7 Å². The first-order chi connectivity index (χ1) is 12.9. The summed E-state index contributed by atoms with van der Waals surface area (Å²) < 4.78 is 87.6. The second kappa shape index (κ2) is 7.07. The van der Waals surface area contributed by atoms with Gasteiger partial charge in [-0.3, -0.25) is 4.79 Å². The molecule has 3 aliphatic carbocycles. The average Bonchev–Trinajstić information content (AvgIpc) is 3.22. The fourth-order valence-corrected chi connectivity index (χ4v) is 5.32. The van der Waals surface area contributed by atoms with E-state index >= 15 is 0 Å². The topological polar surface area (TPSA) is 72.8 Å². The highest BCUT2D eigenvalue weighted by atomic mass is 19.4. The van der Waals surface area contributed by atoms with Crippen LogP contribution in [-0.2, 0) is 19.1 Å². The summed E-state index contributed by atoms with van der Waals surface area (Å²) in [6.45, 7) is -1.08. The van der Waals surface area contributed by atoms with E-state index in [0.717, 1.165) is 25.7 Å². The summed E-state index contributed by atoms with van der Waals surface area (Å²) in [4.78, 5) is 22.4. The monoisotopic (exact) mass is 418 g/mol. The third kappa shape index (κ3) is 3.57. The maximum absolute atomic E-state index is 13.1. The number of aliphatic carboxylic acids is 1. The van der Waals surface area contributed by atoms with E-state index in [0.29, 0.717) is 24.2 Å². The first kappa shape index (κ1) is 21.2. The van der Waals surface area contributed by atoms with Crippen LogP contribution in [0.1, 0.15) is 38.5 Å². The van der Waals surface area contributed by atoms with Crippen LogP contribution in [0.5, 0.6) is 0 Å². The highest BCUT2D eigenvalue weighted by Crippen LogP contribution is 2.59. The van der Waals surface area contributed by atoms with E-state index in [-0.39, 0.29) is 5.92 Å². The Labute approximate surface area is 156 Å². The number of hydrogen-bond acceptors (Lipinski definition) is 4. The lowest BCUT2D eigenvalue weighted by atomic mass is 9.80. The van der Waals surface area contributed by atoms with Gasteiger partial charge in [0.05, 0.1) is 6.10 Å². The Morgan fingerprint density at radius 2 is 1.54 bits per heavy atom. The molecular formula is C17H20F6O5. The molecular weight excluding hydrogens is 398 g/mol. The van der Waals surface area contributed by atoms with E-state index in [1.54, 1.807) is 0 Å². The largest absolute Gasteiger partial charge is 0.481 e. The Kier molecular flexibility index (Phi) is 5.35. The molecule has 2 bridgehead atoms. The number of rotatable bonds is 6. The van der Waals surface area contributed by atoms with Crippen molar-refractivity contribution in [2.75, 3.05) is 6.61 Å². The zero-order chi connectivity index (χ0) is 20.9. The van der Waals surface area contributed by atoms with Crippen LogP contribution in [0, 0.1) is 23.7 Å². The van der Waals surface area contributed by atoms with Crippen LogP contribution in [-0.4, -0.2) is 47.7 Å². The summed E-state index contributed by atoms with van der Waals surface area (Å²) in [6, 6.07) is 0.